The molecule has 2 heterocycles. The molecule has 2 aliphatic rings. The van der Waals surface area contributed by atoms with Gasteiger partial charge in [0.2, 0.25) is 0 Å². The maximum atomic E-state index is 10.1. The molecule has 2 atom stereocenters. The number of aromatic hydroxyl groups is 1. The number of ether oxygens (including phenoxy) is 1. The van der Waals surface area contributed by atoms with Crippen LogP contribution in [0.2, 0.25) is 0 Å². The van der Waals surface area contributed by atoms with Gasteiger partial charge < -0.3 is 9.84 Å². The summed E-state index contributed by atoms with van der Waals surface area (Å²) in [4.78, 5) is 2.41. The molecule has 0 spiro atoms. The van der Waals surface area contributed by atoms with Crippen LogP contribution in [0.3, 0.4) is 0 Å². The Kier molecular flexibility index (Phi) is 3.40. The van der Waals surface area contributed by atoms with E-state index in [1.165, 1.54) is 24.0 Å². The Morgan fingerprint density at radius 2 is 2.26 bits per heavy atom. The van der Waals surface area contributed by atoms with Gasteiger partial charge in [0.15, 0.2) is 11.5 Å². The predicted molar refractivity (Wildman–Crippen MR) is 76.0 cm³/mol. The molecule has 0 amide bonds. The second-order valence-corrected chi connectivity index (χ2v) is 5.84. The first-order chi connectivity index (χ1) is 9.22. The van der Waals surface area contributed by atoms with Crippen molar-refractivity contribution < 1.29 is 9.84 Å². The maximum absolute atomic E-state index is 10.1. The third-order valence-corrected chi connectivity index (χ3v) is 4.61. The fraction of sp³-hybridized carbons (Fsp3) is 0.625. The highest BCUT2D eigenvalue weighted by Crippen LogP contribution is 2.46. The van der Waals surface area contributed by atoms with Gasteiger partial charge in [0.25, 0.3) is 0 Å². The number of hydrogen-bond donors (Lipinski definition) is 1. The van der Waals surface area contributed by atoms with Crippen molar-refractivity contribution in [3.8, 4) is 11.5 Å². The standard InChI is InChI=1S/C16H23NO2/c1-3-5-11-7-8-14(18)16-15(11)12-6-4-9-17(2)13(12)10-19-16/h7-8,12-13,18H,3-6,9-10H2,1-2H3/t12-,13+/m0/s1. The van der Waals surface area contributed by atoms with Crippen LogP contribution in [0.4, 0.5) is 0 Å². The normalized spacial score (nSPS) is 26.4. The van der Waals surface area contributed by atoms with E-state index in [1.54, 1.807) is 6.07 Å². The molecule has 0 aromatic heterocycles. The Morgan fingerprint density at radius 3 is 3.05 bits per heavy atom. The van der Waals surface area contributed by atoms with Gasteiger partial charge in [0.05, 0.1) is 6.04 Å². The number of fused-ring (bicyclic) bond motifs is 3. The first-order valence-corrected chi connectivity index (χ1v) is 7.40. The molecule has 0 saturated carbocycles. The van der Waals surface area contributed by atoms with Gasteiger partial charge in [0.1, 0.15) is 6.61 Å². The topological polar surface area (TPSA) is 32.7 Å². The minimum Gasteiger partial charge on any atom is -0.504 e. The van der Waals surface area contributed by atoms with E-state index in [4.69, 9.17) is 4.74 Å². The largest absolute Gasteiger partial charge is 0.504 e. The lowest BCUT2D eigenvalue weighted by molar-refractivity contribution is 0.0843. The van der Waals surface area contributed by atoms with Gasteiger partial charge in [-0.25, -0.2) is 0 Å². The average Bonchev–Trinajstić information content (AvgIpc) is 2.42. The van der Waals surface area contributed by atoms with Gasteiger partial charge in [-0.05, 0) is 44.5 Å². The number of hydrogen-bond acceptors (Lipinski definition) is 3. The van der Waals surface area contributed by atoms with Crippen molar-refractivity contribution in [3.63, 3.8) is 0 Å². The molecule has 3 rings (SSSR count). The van der Waals surface area contributed by atoms with Crippen LogP contribution in [-0.2, 0) is 6.42 Å². The van der Waals surface area contributed by atoms with Gasteiger partial charge in [-0.3, -0.25) is 4.90 Å². The Bertz CT molecular complexity index is 472. The van der Waals surface area contributed by atoms with Crippen molar-refractivity contribution in [2.75, 3.05) is 20.2 Å². The zero-order chi connectivity index (χ0) is 13.4. The summed E-state index contributed by atoms with van der Waals surface area (Å²) in [6, 6.07) is 4.34. The molecule has 19 heavy (non-hydrogen) atoms. The second kappa shape index (κ2) is 5.04. The lowest BCUT2D eigenvalue weighted by Gasteiger charge is -2.43. The molecule has 104 valence electrons. The van der Waals surface area contributed by atoms with Crippen molar-refractivity contribution in [1.29, 1.82) is 0 Å². The van der Waals surface area contributed by atoms with Crippen LogP contribution in [0, 0.1) is 0 Å². The zero-order valence-electron chi connectivity index (χ0n) is 11.9. The molecule has 1 aromatic carbocycles. The van der Waals surface area contributed by atoms with E-state index in [0.29, 0.717) is 24.3 Å². The summed E-state index contributed by atoms with van der Waals surface area (Å²) in [5.41, 5.74) is 2.64. The molecule has 0 unspecified atom stereocenters. The van der Waals surface area contributed by atoms with E-state index in [9.17, 15) is 5.11 Å². The van der Waals surface area contributed by atoms with Crippen molar-refractivity contribution in [2.24, 2.45) is 0 Å². The van der Waals surface area contributed by atoms with Crippen LogP contribution in [0.5, 0.6) is 11.5 Å². The summed E-state index contributed by atoms with van der Waals surface area (Å²) < 4.78 is 5.89. The molecule has 2 aliphatic heterocycles. The van der Waals surface area contributed by atoms with Gasteiger partial charge in [0, 0.05) is 11.5 Å². The number of likely N-dealkylation sites (tertiary alicyclic amines) is 1. The molecule has 0 radical (unpaired) electrons. The molecular weight excluding hydrogens is 238 g/mol. The van der Waals surface area contributed by atoms with Gasteiger partial charge in [-0.15, -0.1) is 0 Å². The van der Waals surface area contributed by atoms with E-state index in [1.807, 2.05) is 0 Å². The molecule has 3 nitrogen and oxygen atoms in total. The lowest BCUT2D eigenvalue weighted by atomic mass is 9.79. The van der Waals surface area contributed by atoms with Crippen LogP contribution in [0.25, 0.3) is 0 Å². The van der Waals surface area contributed by atoms with E-state index >= 15 is 0 Å². The number of rotatable bonds is 2. The van der Waals surface area contributed by atoms with E-state index in [-0.39, 0.29) is 0 Å². The van der Waals surface area contributed by atoms with E-state index in [0.717, 1.165) is 25.1 Å². The van der Waals surface area contributed by atoms with E-state index < -0.39 is 0 Å². The second-order valence-electron chi connectivity index (χ2n) is 5.84. The molecular formula is C16H23NO2. The summed E-state index contributed by atoms with van der Waals surface area (Å²) in [7, 11) is 2.19. The molecule has 1 fully saturated rings. The smallest absolute Gasteiger partial charge is 0.164 e. The van der Waals surface area contributed by atoms with Crippen molar-refractivity contribution in [1.82, 2.24) is 4.90 Å². The number of nitrogens with zero attached hydrogens (tertiary/aromatic N) is 1. The van der Waals surface area contributed by atoms with E-state index in [2.05, 4.69) is 24.9 Å². The van der Waals surface area contributed by atoms with Gasteiger partial charge in [-0.1, -0.05) is 19.4 Å². The minimum atomic E-state index is 0.307. The SMILES string of the molecule is CCCc1ccc(O)c2c1[C@H]1CCCN(C)[C@@H]1CO2. The molecule has 3 heteroatoms. The molecule has 0 bridgehead atoms. The first kappa shape index (κ1) is 12.8. The molecule has 1 N–H and O–H groups in total. The number of aryl methyl sites for hydroxylation is 1. The summed E-state index contributed by atoms with van der Waals surface area (Å²) in [5.74, 6) is 1.58. The Hall–Kier alpha value is -1.22. The number of phenols is 1. The monoisotopic (exact) mass is 261 g/mol. The summed E-state index contributed by atoms with van der Waals surface area (Å²) in [5, 5.41) is 10.1. The average molecular weight is 261 g/mol. The van der Waals surface area contributed by atoms with Crippen LogP contribution in [-0.4, -0.2) is 36.2 Å². The van der Waals surface area contributed by atoms with Gasteiger partial charge in [-0.2, -0.15) is 0 Å². The fourth-order valence-electron chi connectivity index (χ4n) is 3.65. The summed E-state index contributed by atoms with van der Waals surface area (Å²) in [6.07, 6.45) is 4.65. The molecule has 1 saturated heterocycles. The maximum Gasteiger partial charge on any atom is 0.164 e. The molecule has 0 aliphatic carbocycles. The summed E-state index contributed by atoms with van der Waals surface area (Å²) in [6.45, 7) is 4.06. The van der Waals surface area contributed by atoms with Gasteiger partial charge >= 0.3 is 0 Å². The predicted octanol–water partition coefficient (Wildman–Crippen LogP) is 2.91. The highest BCUT2D eigenvalue weighted by atomic mass is 16.5. The van der Waals surface area contributed by atoms with Crippen molar-refractivity contribution in [2.45, 2.75) is 44.6 Å². The number of piperidine rings is 1. The Balaban J connectivity index is 2.06. The van der Waals surface area contributed by atoms with Crippen molar-refractivity contribution in [3.05, 3.63) is 23.3 Å². The van der Waals surface area contributed by atoms with Crippen LogP contribution in [0.1, 0.15) is 43.2 Å². The minimum absolute atomic E-state index is 0.307. The highest BCUT2D eigenvalue weighted by molar-refractivity contribution is 5.53. The lowest BCUT2D eigenvalue weighted by Crippen LogP contribution is -2.47. The Morgan fingerprint density at radius 1 is 1.42 bits per heavy atom. The van der Waals surface area contributed by atoms with Crippen LogP contribution >= 0.6 is 0 Å². The Labute approximate surface area is 115 Å². The highest BCUT2D eigenvalue weighted by Gasteiger charge is 2.38. The number of likely N-dealkylation sites (N-methyl/N-ethyl adjacent to an activating group) is 1. The third-order valence-electron chi connectivity index (χ3n) is 4.61. The fourth-order valence-corrected chi connectivity index (χ4v) is 3.65. The number of phenolic OH excluding ortho intramolecular Hbond substituents is 1. The first-order valence-electron chi connectivity index (χ1n) is 7.40. The zero-order valence-corrected chi connectivity index (χ0v) is 11.9. The number of benzene rings is 1. The third kappa shape index (κ3) is 2.10. The van der Waals surface area contributed by atoms with Crippen molar-refractivity contribution >= 4 is 0 Å². The quantitative estimate of drug-likeness (QED) is 0.888. The van der Waals surface area contributed by atoms with Crippen LogP contribution < -0.4 is 4.74 Å². The summed E-state index contributed by atoms with van der Waals surface area (Å²) >= 11 is 0. The van der Waals surface area contributed by atoms with Crippen LogP contribution in [0.15, 0.2) is 12.1 Å². The molecule has 1 aromatic rings.